The Kier molecular flexibility index (Phi) is 3.99. The van der Waals surface area contributed by atoms with Crippen LogP contribution in [0.15, 0.2) is 18.2 Å². The van der Waals surface area contributed by atoms with Crippen molar-refractivity contribution < 1.29 is 13.5 Å². The minimum atomic E-state index is -0.887. The van der Waals surface area contributed by atoms with Crippen LogP contribution in [0, 0.1) is 11.6 Å². The van der Waals surface area contributed by atoms with Gasteiger partial charge in [-0.15, -0.1) is 0 Å². The number of nitrogens with two attached hydrogens (primary N) is 1. The van der Waals surface area contributed by atoms with Crippen molar-refractivity contribution >= 4 is 0 Å². The fraction of sp³-hybridized carbons (Fsp3) is 0.500. The molecule has 4 heteroatoms. The number of hydrogen-bond donors (Lipinski definition) is 1. The molecular weight excluding hydrogens is 212 g/mol. The van der Waals surface area contributed by atoms with E-state index in [9.17, 15) is 8.78 Å². The monoisotopic (exact) mass is 229 g/mol. The minimum Gasteiger partial charge on any atom is -0.377 e. The fourth-order valence-electron chi connectivity index (χ4n) is 1.55. The van der Waals surface area contributed by atoms with Crippen LogP contribution in [-0.2, 0) is 4.74 Å². The van der Waals surface area contributed by atoms with Gasteiger partial charge in [0.05, 0.1) is 11.6 Å². The fourth-order valence-corrected chi connectivity index (χ4v) is 1.55. The van der Waals surface area contributed by atoms with Crippen molar-refractivity contribution in [3.63, 3.8) is 0 Å². The lowest BCUT2D eigenvalue weighted by Gasteiger charge is -2.33. The highest BCUT2D eigenvalue weighted by Gasteiger charge is 2.31. The van der Waals surface area contributed by atoms with Gasteiger partial charge in [-0.05, 0) is 31.0 Å². The molecule has 0 heterocycles. The van der Waals surface area contributed by atoms with Crippen molar-refractivity contribution in [1.82, 2.24) is 0 Å². The summed E-state index contributed by atoms with van der Waals surface area (Å²) >= 11 is 0. The highest BCUT2D eigenvalue weighted by Crippen LogP contribution is 2.30. The van der Waals surface area contributed by atoms with E-state index in [0.29, 0.717) is 12.0 Å². The molecule has 0 amide bonds. The van der Waals surface area contributed by atoms with E-state index in [4.69, 9.17) is 10.5 Å². The molecule has 0 saturated carbocycles. The summed E-state index contributed by atoms with van der Waals surface area (Å²) in [6, 6.07) is 3.19. The van der Waals surface area contributed by atoms with Crippen LogP contribution in [-0.4, -0.2) is 12.7 Å². The highest BCUT2D eigenvalue weighted by molar-refractivity contribution is 5.23. The number of halogens is 2. The normalized spacial score (nSPS) is 16.9. The van der Waals surface area contributed by atoms with Gasteiger partial charge in [-0.2, -0.15) is 0 Å². The maximum atomic E-state index is 13.1. The van der Waals surface area contributed by atoms with E-state index in [1.54, 1.807) is 7.11 Å². The molecule has 0 aliphatic heterocycles. The van der Waals surface area contributed by atoms with Gasteiger partial charge in [0.25, 0.3) is 0 Å². The predicted molar refractivity (Wildman–Crippen MR) is 59.0 cm³/mol. The van der Waals surface area contributed by atoms with Crippen LogP contribution in [0.3, 0.4) is 0 Å². The lowest BCUT2D eigenvalue weighted by molar-refractivity contribution is -0.0195. The zero-order valence-corrected chi connectivity index (χ0v) is 9.76. The zero-order valence-electron chi connectivity index (χ0n) is 9.76. The second kappa shape index (κ2) is 4.89. The number of methoxy groups -OCH3 is 1. The van der Waals surface area contributed by atoms with Crippen LogP contribution < -0.4 is 5.73 Å². The molecule has 1 rings (SSSR count). The molecule has 2 unspecified atom stereocenters. The Hall–Kier alpha value is -1.00. The standard InChI is InChI=1S/C12H17F2NO/c1-4-12(2,16-3)11(15)8-5-6-9(13)10(14)7-8/h5-7,11H,4,15H2,1-3H3. The maximum absolute atomic E-state index is 13.1. The SMILES string of the molecule is CCC(C)(OC)C(N)c1ccc(F)c(F)c1. The first kappa shape index (κ1) is 13.1. The molecule has 0 aliphatic carbocycles. The van der Waals surface area contributed by atoms with Gasteiger partial charge < -0.3 is 10.5 Å². The molecule has 2 nitrogen and oxygen atoms in total. The lowest BCUT2D eigenvalue weighted by Crippen LogP contribution is -2.39. The Labute approximate surface area is 94.4 Å². The van der Waals surface area contributed by atoms with Crippen LogP contribution in [0.4, 0.5) is 8.78 Å². The van der Waals surface area contributed by atoms with Crippen molar-refractivity contribution in [2.24, 2.45) is 5.73 Å². The van der Waals surface area contributed by atoms with Crippen molar-refractivity contribution in [2.45, 2.75) is 31.9 Å². The van der Waals surface area contributed by atoms with Gasteiger partial charge >= 0.3 is 0 Å². The summed E-state index contributed by atoms with van der Waals surface area (Å²) in [6.45, 7) is 3.78. The first-order valence-corrected chi connectivity index (χ1v) is 5.20. The van der Waals surface area contributed by atoms with E-state index in [-0.39, 0.29) is 0 Å². The van der Waals surface area contributed by atoms with Crippen LogP contribution in [0.5, 0.6) is 0 Å². The van der Waals surface area contributed by atoms with Crippen molar-refractivity contribution in [1.29, 1.82) is 0 Å². The molecule has 1 aromatic rings. The molecule has 0 aromatic heterocycles. The van der Waals surface area contributed by atoms with Gasteiger partial charge in [-0.1, -0.05) is 13.0 Å². The third-order valence-electron chi connectivity index (χ3n) is 3.13. The number of hydrogen-bond acceptors (Lipinski definition) is 2. The topological polar surface area (TPSA) is 35.2 Å². The quantitative estimate of drug-likeness (QED) is 0.861. The Balaban J connectivity index is 3.04. The van der Waals surface area contributed by atoms with Gasteiger partial charge in [-0.25, -0.2) is 8.78 Å². The second-order valence-corrected chi connectivity index (χ2v) is 4.02. The molecule has 0 saturated heterocycles. The van der Waals surface area contributed by atoms with Crippen molar-refractivity contribution in [2.75, 3.05) is 7.11 Å². The Morgan fingerprint density at radius 1 is 1.38 bits per heavy atom. The Morgan fingerprint density at radius 2 is 2.00 bits per heavy atom. The molecule has 0 fully saturated rings. The summed E-state index contributed by atoms with van der Waals surface area (Å²) in [5.41, 5.74) is 5.95. The summed E-state index contributed by atoms with van der Waals surface area (Å²) in [6.07, 6.45) is 0.684. The third-order valence-corrected chi connectivity index (χ3v) is 3.13. The number of rotatable bonds is 4. The van der Waals surface area contributed by atoms with E-state index in [1.807, 2.05) is 13.8 Å². The van der Waals surface area contributed by atoms with Gasteiger partial charge in [0.1, 0.15) is 0 Å². The maximum Gasteiger partial charge on any atom is 0.159 e. The predicted octanol–water partition coefficient (Wildman–Crippen LogP) is 2.78. The molecule has 2 atom stereocenters. The van der Waals surface area contributed by atoms with Gasteiger partial charge in [0, 0.05) is 7.11 Å². The van der Waals surface area contributed by atoms with E-state index < -0.39 is 23.3 Å². The second-order valence-electron chi connectivity index (χ2n) is 4.02. The average Bonchev–Trinajstić information content (AvgIpc) is 2.30. The zero-order chi connectivity index (χ0) is 12.3. The summed E-state index contributed by atoms with van der Waals surface area (Å²) in [5.74, 6) is -1.76. The summed E-state index contributed by atoms with van der Waals surface area (Å²) < 4.78 is 31.2. The molecule has 0 aliphatic rings. The van der Waals surface area contributed by atoms with Crippen molar-refractivity contribution in [3.05, 3.63) is 35.4 Å². The number of ether oxygens (including phenoxy) is 1. The van der Waals surface area contributed by atoms with Gasteiger partial charge in [-0.3, -0.25) is 0 Å². The molecule has 1 aromatic carbocycles. The van der Waals surface area contributed by atoms with E-state index in [2.05, 4.69) is 0 Å². The summed E-state index contributed by atoms with van der Waals surface area (Å²) in [4.78, 5) is 0. The first-order valence-electron chi connectivity index (χ1n) is 5.20. The minimum absolute atomic E-state index is 0.488. The van der Waals surface area contributed by atoms with E-state index >= 15 is 0 Å². The van der Waals surface area contributed by atoms with Gasteiger partial charge in [0.15, 0.2) is 11.6 Å². The average molecular weight is 229 g/mol. The molecular formula is C12H17F2NO. The Bertz CT molecular complexity index is 364. The highest BCUT2D eigenvalue weighted by atomic mass is 19.2. The Morgan fingerprint density at radius 3 is 2.44 bits per heavy atom. The third kappa shape index (κ3) is 2.39. The molecule has 16 heavy (non-hydrogen) atoms. The molecule has 0 spiro atoms. The lowest BCUT2D eigenvalue weighted by atomic mass is 9.88. The van der Waals surface area contributed by atoms with Crippen LogP contribution in [0.25, 0.3) is 0 Å². The van der Waals surface area contributed by atoms with Crippen LogP contribution in [0.2, 0.25) is 0 Å². The van der Waals surface area contributed by atoms with Crippen LogP contribution >= 0.6 is 0 Å². The van der Waals surface area contributed by atoms with Gasteiger partial charge in [0.2, 0.25) is 0 Å². The summed E-state index contributed by atoms with van der Waals surface area (Å²) in [7, 11) is 1.56. The number of benzene rings is 1. The first-order chi connectivity index (χ1) is 7.44. The molecule has 0 bridgehead atoms. The van der Waals surface area contributed by atoms with Crippen molar-refractivity contribution in [3.8, 4) is 0 Å². The summed E-state index contributed by atoms with van der Waals surface area (Å²) in [5, 5.41) is 0. The van der Waals surface area contributed by atoms with E-state index in [1.165, 1.54) is 6.07 Å². The largest absolute Gasteiger partial charge is 0.377 e. The van der Waals surface area contributed by atoms with E-state index in [0.717, 1.165) is 12.1 Å². The molecule has 0 radical (unpaired) electrons. The molecule has 90 valence electrons. The smallest absolute Gasteiger partial charge is 0.159 e. The van der Waals surface area contributed by atoms with Crippen LogP contribution in [0.1, 0.15) is 31.9 Å². The molecule has 2 N–H and O–H groups in total.